The molecule has 0 bridgehead atoms. The van der Waals surface area contributed by atoms with E-state index in [4.69, 9.17) is 6.42 Å². The summed E-state index contributed by atoms with van der Waals surface area (Å²) in [6.45, 7) is 0. The van der Waals surface area contributed by atoms with Crippen molar-refractivity contribution in [1.82, 2.24) is 15.6 Å². The van der Waals surface area contributed by atoms with Crippen LogP contribution in [0.15, 0.2) is 30.3 Å². The SMILES string of the molecule is C#C[C@H](CCS(C)(=O)=O)NC(=O)[C@H](CC1CCCCC1)NC(=O)c1cc2ccccc2[nH]1. The minimum atomic E-state index is -3.20. The van der Waals surface area contributed by atoms with Gasteiger partial charge in [-0.25, -0.2) is 8.42 Å². The van der Waals surface area contributed by atoms with Crippen molar-refractivity contribution in [1.29, 1.82) is 0 Å². The van der Waals surface area contributed by atoms with Gasteiger partial charge in [-0.2, -0.15) is 0 Å². The molecule has 3 N–H and O–H groups in total. The molecule has 1 aliphatic rings. The number of rotatable bonds is 9. The predicted molar refractivity (Wildman–Crippen MR) is 126 cm³/mol. The van der Waals surface area contributed by atoms with E-state index in [-0.39, 0.29) is 24.0 Å². The van der Waals surface area contributed by atoms with Gasteiger partial charge in [0, 0.05) is 17.2 Å². The minimum absolute atomic E-state index is 0.114. The summed E-state index contributed by atoms with van der Waals surface area (Å²) >= 11 is 0. The molecule has 0 spiro atoms. The second kappa shape index (κ2) is 10.7. The van der Waals surface area contributed by atoms with Crippen molar-refractivity contribution < 1.29 is 18.0 Å². The average Bonchev–Trinajstić information content (AvgIpc) is 3.20. The van der Waals surface area contributed by atoms with Crippen LogP contribution in [0.4, 0.5) is 0 Å². The number of aromatic amines is 1. The molecular weight excluding hydrogens is 426 g/mol. The summed E-state index contributed by atoms with van der Waals surface area (Å²) in [6.07, 6.45) is 12.8. The number of para-hydroxylation sites is 1. The van der Waals surface area contributed by atoms with Crippen molar-refractivity contribution in [3.63, 3.8) is 0 Å². The molecule has 0 aliphatic heterocycles. The standard InChI is InChI=1S/C24H31N3O4S/c1-3-19(13-14-32(2,30)31)25-23(28)21(15-17-9-5-4-6-10-17)27-24(29)22-16-18-11-7-8-12-20(18)26-22/h1,7-8,11-12,16-17,19,21,26H,4-6,9-10,13-15H2,2H3,(H,25,28)(H,27,29)/t19-,21+/m1/s1. The lowest BCUT2D eigenvalue weighted by Gasteiger charge is -2.27. The van der Waals surface area contributed by atoms with Gasteiger partial charge in [-0.3, -0.25) is 9.59 Å². The topological polar surface area (TPSA) is 108 Å². The molecule has 1 aliphatic carbocycles. The monoisotopic (exact) mass is 457 g/mol. The Morgan fingerprint density at radius 2 is 1.91 bits per heavy atom. The summed E-state index contributed by atoms with van der Waals surface area (Å²) in [6, 6.07) is 7.88. The number of H-pyrrole nitrogens is 1. The lowest BCUT2D eigenvalue weighted by Crippen LogP contribution is -2.50. The van der Waals surface area contributed by atoms with Crippen LogP contribution in [-0.4, -0.2) is 49.3 Å². The molecule has 0 radical (unpaired) electrons. The summed E-state index contributed by atoms with van der Waals surface area (Å²) in [5.74, 6) is 1.95. The molecule has 0 unspecified atom stereocenters. The first-order valence-electron chi connectivity index (χ1n) is 11.1. The number of benzene rings is 1. The minimum Gasteiger partial charge on any atom is -0.351 e. The Balaban J connectivity index is 1.72. The summed E-state index contributed by atoms with van der Waals surface area (Å²) in [5, 5.41) is 6.54. The third kappa shape index (κ3) is 6.86. The smallest absolute Gasteiger partial charge is 0.268 e. The molecule has 1 fully saturated rings. The molecule has 172 valence electrons. The van der Waals surface area contributed by atoms with Crippen molar-refractivity contribution in [2.24, 2.45) is 5.92 Å². The van der Waals surface area contributed by atoms with E-state index in [0.717, 1.165) is 42.8 Å². The van der Waals surface area contributed by atoms with Crippen LogP contribution in [0.2, 0.25) is 0 Å². The van der Waals surface area contributed by atoms with E-state index in [9.17, 15) is 18.0 Å². The van der Waals surface area contributed by atoms with Crippen molar-refractivity contribution >= 4 is 32.6 Å². The molecule has 1 aromatic carbocycles. The molecule has 8 heteroatoms. The zero-order valence-corrected chi connectivity index (χ0v) is 19.2. The fourth-order valence-electron chi connectivity index (χ4n) is 4.22. The molecule has 7 nitrogen and oxygen atoms in total. The molecule has 1 heterocycles. The first-order chi connectivity index (χ1) is 15.2. The maximum absolute atomic E-state index is 13.1. The number of carbonyl (C=O) groups excluding carboxylic acids is 2. The van der Waals surface area contributed by atoms with Gasteiger partial charge in [0.25, 0.3) is 5.91 Å². The molecule has 32 heavy (non-hydrogen) atoms. The number of amides is 2. The Morgan fingerprint density at radius 1 is 1.19 bits per heavy atom. The number of fused-ring (bicyclic) bond motifs is 1. The van der Waals surface area contributed by atoms with Crippen LogP contribution in [0.25, 0.3) is 10.9 Å². The van der Waals surface area contributed by atoms with Gasteiger partial charge < -0.3 is 15.6 Å². The third-order valence-electron chi connectivity index (χ3n) is 5.99. The van der Waals surface area contributed by atoms with Crippen molar-refractivity contribution in [3.05, 3.63) is 36.0 Å². The van der Waals surface area contributed by atoms with E-state index in [1.165, 1.54) is 6.42 Å². The van der Waals surface area contributed by atoms with Gasteiger partial charge in [-0.15, -0.1) is 6.42 Å². The number of carbonyl (C=O) groups is 2. The average molecular weight is 458 g/mol. The molecule has 2 aromatic rings. The first kappa shape index (κ1) is 23.9. The van der Waals surface area contributed by atoms with Crippen molar-refractivity contribution in [2.45, 2.75) is 57.0 Å². The van der Waals surface area contributed by atoms with E-state index in [0.29, 0.717) is 18.0 Å². The Hall–Kier alpha value is -2.79. The highest BCUT2D eigenvalue weighted by atomic mass is 32.2. The molecule has 2 atom stereocenters. The number of hydrogen-bond acceptors (Lipinski definition) is 4. The normalized spacial score (nSPS) is 16.8. The third-order valence-corrected chi connectivity index (χ3v) is 6.96. The Morgan fingerprint density at radius 3 is 2.56 bits per heavy atom. The molecule has 1 saturated carbocycles. The second-order valence-corrected chi connectivity index (χ2v) is 10.9. The van der Waals surface area contributed by atoms with Gasteiger partial charge in [0.15, 0.2) is 0 Å². The Bertz CT molecular complexity index is 1060. The predicted octanol–water partition coefficient (Wildman–Crippen LogP) is 2.79. The van der Waals surface area contributed by atoms with Crippen LogP contribution in [0.1, 0.15) is 55.4 Å². The van der Waals surface area contributed by atoms with Gasteiger partial charge >= 0.3 is 0 Å². The fourth-order valence-corrected chi connectivity index (χ4v) is 4.88. The fraction of sp³-hybridized carbons (Fsp3) is 0.500. The molecule has 0 saturated heterocycles. The van der Waals surface area contributed by atoms with Gasteiger partial charge in [-0.05, 0) is 30.9 Å². The highest BCUT2D eigenvalue weighted by Gasteiger charge is 2.28. The number of terminal acetylenes is 1. The van der Waals surface area contributed by atoms with Crippen LogP contribution >= 0.6 is 0 Å². The van der Waals surface area contributed by atoms with Crippen LogP contribution in [0.5, 0.6) is 0 Å². The number of nitrogens with one attached hydrogen (secondary N) is 3. The summed E-state index contributed by atoms with van der Waals surface area (Å²) < 4.78 is 22.9. The highest BCUT2D eigenvalue weighted by Crippen LogP contribution is 2.27. The number of hydrogen-bond donors (Lipinski definition) is 3. The van der Waals surface area contributed by atoms with Gasteiger partial charge in [0.2, 0.25) is 5.91 Å². The number of sulfone groups is 1. The largest absolute Gasteiger partial charge is 0.351 e. The van der Waals surface area contributed by atoms with Crippen LogP contribution in [-0.2, 0) is 14.6 Å². The maximum Gasteiger partial charge on any atom is 0.268 e. The summed E-state index contributed by atoms with van der Waals surface area (Å²) in [4.78, 5) is 29.1. The van der Waals surface area contributed by atoms with E-state index in [1.807, 2.05) is 24.3 Å². The molecule has 2 amide bonds. The van der Waals surface area contributed by atoms with Crippen molar-refractivity contribution in [3.8, 4) is 12.3 Å². The van der Waals surface area contributed by atoms with Gasteiger partial charge in [-0.1, -0.05) is 56.2 Å². The van der Waals surface area contributed by atoms with Crippen molar-refractivity contribution in [2.75, 3.05) is 12.0 Å². The van der Waals surface area contributed by atoms with Crippen LogP contribution < -0.4 is 10.6 Å². The van der Waals surface area contributed by atoms with Crippen LogP contribution in [0, 0.1) is 18.3 Å². The Kier molecular flexibility index (Phi) is 7.97. The molecule has 3 rings (SSSR count). The zero-order chi connectivity index (χ0) is 23.1. The second-order valence-electron chi connectivity index (χ2n) is 8.68. The quantitative estimate of drug-likeness (QED) is 0.503. The van der Waals surface area contributed by atoms with Gasteiger partial charge in [0.05, 0.1) is 11.8 Å². The van der Waals surface area contributed by atoms with Gasteiger partial charge in [0.1, 0.15) is 21.6 Å². The lowest BCUT2D eigenvalue weighted by atomic mass is 9.84. The van der Waals surface area contributed by atoms with E-state index in [1.54, 1.807) is 6.07 Å². The highest BCUT2D eigenvalue weighted by molar-refractivity contribution is 7.90. The van der Waals surface area contributed by atoms with E-state index >= 15 is 0 Å². The molecular formula is C24H31N3O4S. The first-order valence-corrected chi connectivity index (χ1v) is 13.1. The maximum atomic E-state index is 13.1. The zero-order valence-electron chi connectivity index (χ0n) is 18.4. The number of aromatic nitrogens is 1. The lowest BCUT2D eigenvalue weighted by molar-refractivity contribution is -0.123. The van der Waals surface area contributed by atoms with E-state index in [2.05, 4.69) is 21.5 Å². The van der Waals surface area contributed by atoms with E-state index < -0.39 is 21.9 Å². The van der Waals surface area contributed by atoms with Crippen LogP contribution in [0.3, 0.4) is 0 Å². The summed E-state index contributed by atoms with van der Waals surface area (Å²) in [7, 11) is -3.20. The Labute approximate surface area is 189 Å². The summed E-state index contributed by atoms with van der Waals surface area (Å²) in [5.41, 5.74) is 1.23. The molecule has 1 aromatic heterocycles.